The third-order valence-electron chi connectivity index (χ3n) is 4.83. The Labute approximate surface area is 165 Å². The van der Waals surface area contributed by atoms with Crippen LogP contribution in [0.2, 0.25) is 5.02 Å². The summed E-state index contributed by atoms with van der Waals surface area (Å²) in [6.45, 7) is 3.73. The van der Waals surface area contributed by atoms with Crippen molar-refractivity contribution in [1.29, 1.82) is 0 Å². The number of ether oxygens (including phenoxy) is 1. The first-order chi connectivity index (χ1) is 12.9. The highest BCUT2D eigenvalue weighted by Crippen LogP contribution is 2.22. The Bertz CT molecular complexity index is 674. The van der Waals surface area contributed by atoms with E-state index in [1.54, 1.807) is 29.2 Å². The number of nitrogens with one attached hydrogen (secondary N) is 1. The number of hydrogen-bond donors (Lipinski definition) is 1. The van der Waals surface area contributed by atoms with Crippen LogP contribution in [0.3, 0.4) is 0 Å². The summed E-state index contributed by atoms with van der Waals surface area (Å²) < 4.78 is 5.13. The molecule has 0 unspecified atom stereocenters. The van der Waals surface area contributed by atoms with Crippen LogP contribution in [0.25, 0.3) is 0 Å². The molecule has 1 saturated carbocycles. The highest BCUT2D eigenvalue weighted by atomic mass is 35.5. The predicted molar refractivity (Wildman–Crippen MR) is 104 cm³/mol. The van der Waals surface area contributed by atoms with E-state index in [0.29, 0.717) is 11.6 Å². The number of carbonyl (C=O) groups excluding carboxylic acids is 3. The minimum Gasteiger partial charge on any atom is -0.454 e. The zero-order chi connectivity index (χ0) is 19.8. The zero-order valence-corrected chi connectivity index (χ0v) is 16.6. The molecule has 1 fully saturated rings. The topological polar surface area (TPSA) is 75.7 Å². The minimum atomic E-state index is -0.883. The Morgan fingerprint density at radius 2 is 1.89 bits per heavy atom. The molecule has 1 aliphatic rings. The number of carbonyl (C=O) groups is 3. The smallest absolute Gasteiger partial charge is 0.328 e. The largest absolute Gasteiger partial charge is 0.454 e. The number of halogens is 1. The fourth-order valence-corrected chi connectivity index (χ4v) is 3.57. The van der Waals surface area contributed by atoms with Crippen LogP contribution in [0.1, 0.15) is 56.3 Å². The van der Waals surface area contributed by atoms with Gasteiger partial charge < -0.3 is 15.0 Å². The van der Waals surface area contributed by atoms with Crippen LogP contribution in [0.4, 0.5) is 0 Å². The molecular weight excluding hydrogens is 368 g/mol. The molecule has 0 saturated heterocycles. The maximum atomic E-state index is 12.4. The van der Waals surface area contributed by atoms with Crippen LogP contribution in [0, 0.1) is 0 Å². The average molecular weight is 395 g/mol. The number of esters is 1. The molecule has 0 radical (unpaired) electrons. The first-order valence-electron chi connectivity index (χ1n) is 9.45. The summed E-state index contributed by atoms with van der Waals surface area (Å²) in [5.41, 5.74) is 0.282. The van der Waals surface area contributed by atoms with Gasteiger partial charge in [-0.1, -0.05) is 43.0 Å². The van der Waals surface area contributed by atoms with Gasteiger partial charge in [-0.05, 0) is 38.8 Å². The lowest BCUT2D eigenvalue weighted by molar-refractivity contribution is -0.154. The van der Waals surface area contributed by atoms with Crippen LogP contribution < -0.4 is 5.32 Å². The van der Waals surface area contributed by atoms with Crippen LogP contribution in [0.15, 0.2) is 24.3 Å². The second kappa shape index (κ2) is 10.3. The summed E-state index contributed by atoms with van der Waals surface area (Å²) in [5, 5.41) is 2.85. The molecule has 1 atom stereocenters. The Hall–Kier alpha value is -2.08. The van der Waals surface area contributed by atoms with Crippen molar-refractivity contribution in [2.75, 3.05) is 13.2 Å². The summed E-state index contributed by atoms with van der Waals surface area (Å²) in [5.74, 6) is -1.31. The number of likely N-dealkylation sites (N-methyl/N-ethyl adjacent to an activating group) is 1. The second-order valence-electron chi connectivity index (χ2n) is 6.75. The Kier molecular flexibility index (Phi) is 8.10. The van der Waals surface area contributed by atoms with Gasteiger partial charge in [-0.2, -0.15) is 0 Å². The second-order valence-corrected chi connectivity index (χ2v) is 7.16. The highest BCUT2D eigenvalue weighted by molar-refractivity contribution is 6.33. The molecule has 0 bridgehead atoms. The normalized spacial score (nSPS) is 15.7. The van der Waals surface area contributed by atoms with Gasteiger partial charge in [0.15, 0.2) is 6.61 Å². The molecule has 1 aromatic rings. The van der Waals surface area contributed by atoms with Crippen LogP contribution in [0.5, 0.6) is 0 Å². The lowest BCUT2D eigenvalue weighted by Crippen LogP contribution is -2.45. The van der Waals surface area contributed by atoms with E-state index in [2.05, 4.69) is 5.32 Å². The first-order valence-corrected chi connectivity index (χ1v) is 9.83. The van der Waals surface area contributed by atoms with Crippen LogP contribution in [-0.2, 0) is 14.3 Å². The molecule has 0 aliphatic heterocycles. The van der Waals surface area contributed by atoms with Crippen molar-refractivity contribution < 1.29 is 19.1 Å². The highest BCUT2D eigenvalue weighted by Gasteiger charge is 2.26. The van der Waals surface area contributed by atoms with Gasteiger partial charge in [-0.15, -0.1) is 0 Å². The van der Waals surface area contributed by atoms with Gasteiger partial charge in [0.25, 0.3) is 11.8 Å². The van der Waals surface area contributed by atoms with E-state index in [1.165, 1.54) is 13.3 Å². The monoisotopic (exact) mass is 394 g/mol. The Morgan fingerprint density at radius 1 is 1.22 bits per heavy atom. The van der Waals surface area contributed by atoms with E-state index in [-0.39, 0.29) is 24.1 Å². The number of nitrogens with zero attached hydrogens (tertiary/aromatic N) is 1. The van der Waals surface area contributed by atoms with Gasteiger partial charge in [-0.25, -0.2) is 4.79 Å². The number of amides is 2. The van der Waals surface area contributed by atoms with Gasteiger partial charge in [0, 0.05) is 12.6 Å². The summed E-state index contributed by atoms with van der Waals surface area (Å²) in [4.78, 5) is 38.6. The third kappa shape index (κ3) is 5.96. The standard InChI is InChI=1S/C20H27ClN2O4/c1-3-23(15-9-5-4-6-10-15)18(24)13-27-20(26)14(2)22-19(25)16-11-7-8-12-17(16)21/h7-8,11-12,14-15H,3-6,9-10,13H2,1-2H3,(H,22,25)/t14-/m0/s1. The third-order valence-corrected chi connectivity index (χ3v) is 5.16. The molecule has 148 valence electrons. The molecule has 0 aromatic heterocycles. The van der Waals surface area contributed by atoms with E-state index >= 15 is 0 Å². The lowest BCUT2D eigenvalue weighted by atomic mass is 9.94. The van der Waals surface area contributed by atoms with E-state index < -0.39 is 17.9 Å². The van der Waals surface area contributed by atoms with Crippen molar-refractivity contribution in [1.82, 2.24) is 10.2 Å². The van der Waals surface area contributed by atoms with Crippen molar-refractivity contribution in [2.45, 2.75) is 58.0 Å². The quantitative estimate of drug-likeness (QED) is 0.720. The lowest BCUT2D eigenvalue weighted by Gasteiger charge is -2.33. The fraction of sp³-hybridized carbons (Fsp3) is 0.550. The van der Waals surface area contributed by atoms with Crippen LogP contribution in [-0.4, -0.2) is 47.9 Å². The molecule has 1 N–H and O–H groups in total. The molecular formula is C20H27ClN2O4. The number of hydrogen-bond acceptors (Lipinski definition) is 4. The predicted octanol–water partition coefficient (Wildman–Crippen LogP) is 3.18. The van der Waals surface area contributed by atoms with Gasteiger partial charge in [-0.3, -0.25) is 9.59 Å². The van der Waals surface area contributed by atoms with Gasteiger partial charge in [0.2, 0.25) is 0 Å². The van der Waals surface area contributed by atoms with Crippen molar-refractivity contribution >= 4 is 29.4 Å². The summed E-state index contributed by atoms with van der Waals surface area (Å²) in [7, 11) is 0. The molecule has 0 heterocycles. The van der Waals surface area contributed by atoms with E-state index in [4.69, 9.17) is 16.3 Å². The number of benzene rings is 1. The first kappa shape index (κ1) is 21.2. The van der Waals surface area contributed by atoms with Crippen LogP contribution >= 0.6 is 11.6 Å². The van der Waals surface area contributed by atoms with Crippen molar-refractivity contribution in [3.8, 4) is 0 Å². The van der Waals surface area contributed by atoms with Crippen molar-refractivity contribution in [2.24, 2.45) is 0 Å². The number of rotatable bonds is 7. The van der Waals surface area contributed by atoms with E-state index in [1.807, 2.05) is 6.92 Å². The van der Waals surface area contributed by atoms with Gasteiger partial charge in [0.1, 0.15) is 6.04 Å². The molecule has 1 aromatic carbocycles. The summed E-state index contributed by atoms with van der Waals surface area (Å²) in [6.07, 6.45) is 5.45. The fourth-order valence-electron chi connectivity index (χ4n) is 3.35. The van der Waals surface area contributed by atoms with Crippen molar-refractivity contribution in [3.63, 3.8) is 0 Å². The average Bonchev–Trinajstić information content (AvgIpc) is 2.67. The van der Waals surface area contributed by atoms with Gasteiger partial charge >= 0.3 is 5.97 Å². The van der Waals surface area contributed by atoms with E-state index in [0.717, 1.165) is 25.7 Å². The minimum absolute atomic E-state index is 0.192. The summed E-state index contributed by atoms with van der Waals surface area (Å²) in [6, 6.07) is 5.92. The molecule has 0 spiro atoms. The molecule has 27 heavy (non-hydrogen) atoms. The Morgan fingerprint density at radius 3 is 2.52 bits per heavy atom. The molecule has 1 aliphatic carbocycles. The Balaban J connectivity index is 1.84. The summed E-state index contributed by atoms with van der Waals surface area (Å²) >= 11 is 5.98. The maximum absolute atomic E-state index is 12.4. The zero-order valence-electron chi connectivity index (χ0n) is 15.9. The molecule has 2 amide bonds. The SMILES string of the molecule is CCN(C(=O)COC(=O)[C@H](C)NC(=O)c1ccccc1Cl)C1CCCCC1. The van der Waals surface area contributed by atoms with Gasteiger partial charge in [0.05, 0.1) is 10.6 Å². The molecule has 6 nitrogen and oxygen atoms in total. The maximum Gasteiger partial charge on any atom is 0.328 e. The molecule has 7 heteroatoms. The molecule has 2 rings (SSSR count). The van der Waals surface area contributed by atoms with E-state index in [9.17, 15) is 14.4 Å². The van der Waals surface area contributed by atoms with Crippen molar-refractivity contribution in [3.05, 3.63) is 34.9 Å².